The van der Waals surface area contributed by atoms with Crippen LogP contribution >= 0.6 is 11.6 Å². The number of imidazole rings is 1. The highest BCUT2D eigenvalue weighted by atomic mass is 35.5. The number of aromatic amines is 1. The highest BCUT2D eigenvalue weighted by Crippen LogP contribution is 2.53. The highest BCUT2D eigenvalue weighted by Gasteiger charge is 2.50. The summed E-state index contributed by atoms with van der Waals surface area (Å²) in [6.07, 6.45) is -0.683. The van der Waals surface area contributed by atoms with E-state index >= 15 is 0 Å². The fraction of sp³-hybridized carbons (Fsp3) is 0.241. The van der Waals surface area contributed by atoms with Crippen molar-refractivity contribution in [1.29, 1.82) is 0 Å². The minimum atomic E-state index is -4.67. The first kappa shape index (κ1) is 26.6. The SMILES string of the molecule is O=C1COc2cc(-c3ncc(C4C5CC5Cc5nc(-c6cc(Cl)ccc6-n6cc(C(F)(F)F)nn6)cc(=O)n54)[nH]3)ccc2N1. The number of alkyl halides is 3. The maximum atomic E-state index is 13.8. The van der Waals surface area contributed by atoms with Crippen LogP contribution in [-0.4, -0.2) is 47.0 Å². The van der Waals surface area contributed by atoms with E-state index in [-0.39, 0.29) is 41.4 Å². The number of ether oxygens (including phenoxy) is 1. The number of hydrogen-bond donors (Lipinski definition) is 2. The molecule has 2 aliphatic heterocycles. The molecule has 1 aliphatic carbocycles. The normalized spacial score (nSPS) is 20.3. The second-order valence-electron chi connectivity index (χ2n) is 11.0. The standard InChI is InChI=1S/C29H20ClF3N8O3/c30-15-2-4-21(40-11-23(38-39-40)29(31,32)33)17(8-15)19-9-26(43)41-24(35-19)7-14-5-16(14)27(41)20-10-34-28(37-20)13-1-3-18-22(6-13)44-12-25(42)36-18/h1-4,6,8-11,14,16,27H,5,7,12H2,(H,34,37)(H,36,42). The van der Waals surface area contributed by atoms with Crippen LogP contribution in [-0.2, 0) is 17.4 Å². The second-order valence-corrected chi connectivity index (χ2v) is 11.5. The molecule has 0 saturated heterocycles. The summed E-state index contributed by atoms with van der Waals surface area (Å²) < 4.78 is 47.9. The number of hydrogen-bond acceptors (Lipinski definition) is 7. The fourth-order valence-electron chi connectivity index (χ4n) is 6.09. The predicted octanol–water partition coefficient (Wildman–Crippen LogP) is 4.67. The summed E-state index contributed by atoms with van der Waals surface area (Å²) >= 11 is 6.27. The van der Waals surface area contributed by atoms with Gasteiger partial charge in [0.1, 0.15) is 17.4 Å². The summed E-state index contributed by atoms with van der Waals surface area (Å²) in [7, 11) is 0. The molecule has 1 fully saturated rings. The third-order valence-corrected chi connectivity index (χ3v) is 8.43. The third kappa shape index (κ3) is 4.44. The van der Waals surface area contributed by atoms with Crippen molar-refractivity contribution in [2.75, 3.05) is 11.9 Å². The lowest BCUT2D eigenvalue weighted by molar-refractivity contribution is -0.141. The maximum Gasteiger partial charge on any atom is 0.436 e. The fourth-order valence-corrected chi connectivity index (χ4v) is 6.26. The summed E-state index contributed by atoms with van der Waals surface area (Å²) in [5.74, 6) is 2.01. The van der Waals surface area contributed by atoms with Gasteiger partial charge in [0.15, 0.2) is 12.3 Å². The highest BCUT2D eigenvalue weighted by molar-refractivity contribution is 6.31. The van der Waals surface area contributed by atoms with Crippen LogP contribution < -0.4 is 15.6 Å². The molecular formula is C29H20ClF3N8O3. The largest absolute Gasteiger partial charge is 0.482 e. The van der Waals surface area contributed by atoms with E-state index in [1.165, 1.54) is 18.2 Å². The zero-order valence-electron chi connectivity index (χ0n) is 22.5. The molecule has 222 valence electrons. The lowest BCUT2D eigenvalue weighted by Gasteiger charge is -2.26. The van der Waals surface area contributed by atoms with Crippen molar-refractivity contribution < 1.29 is 22.7 Å². The molecule has 1 amide bonds. The van der Waals surface area contributed by atoms with Gasteiger partial charge in [0.25, 0.3) is 11.5 Å². The molecule has 0 radical (unpaired) electrons. The van der Waals surface area contributed by atoms with E-state index in [1.54, 1.807) is 29.0 Å². The van der Waals surface area contributed by atoms with Crippen molar-refractivity contribution in [2.45, 2.75) is 25.1 Å². The van der Waals surface area contributed by atoms with Gasteiger partial charge < -0.3 is 15.0 Å². The Morgan fingerprint density at radius 2 is 1.95 bits per heavy atom. The van der Waals surface area contributed by atoms with Crippen LogP contribution in [0.15, 0.2) is 59.7 Å². The first-order chi connectivity index (χ1) is 21.1. The number of carbonyl (C=O) groups excluding carboxylic acids is 1. The Morgan fingerprint density at radius 3 is 2.77 bits per heavy atom. The van der Waals surface area contributed by atoms with E-state index in [9.17, 15) is 22.8 Å². The molecule has 5 heterocycles. The van der Waals surface area contributed by atoms with E-state index in [1.807, 2.05) is 6.07 Å². The lowest BCUT2D eigenvalue weighted by Crippen LogP contribution is -2.34. The molecule has 3 unspecified atom stereocenters. The van der Waals surface area contributed by atoms with Crippen molar-refractivity contribution in [3.05, 3.63) is 87.4 Å². The Kier molecular flexibility index (Phi) is 5.76. The van der Waals surface area contributed by atoms with Gasteiger partial charge in [0.05, 0.1) is 41.2 Å². The van der Waals surface area contributed by atoms with E-state index in [0.717, 1.165) is 28.6 Å². The van der Waals surface area contributed by atoms with Crippen molar-refractivity contribution in [3.8, 4) is 34.1 Å². The minimum Gasteiger partial charge on any atom is -0.482 e. The van der Waals surface area contributed by atoms with E-state index in [4.69, 9.17) is 21.3 Å². The van der Waals surface area contributed by atoms with E-state index in [0.29, 0.717) is 46.0 Å². The Balaban J connectivity index is 1.17. The number of carbonyl (C=O) groups is 1. The number of rotatable bonds is 4. The van der Waals surface area contributed by atoms with Crippen molar-refractivity contribution >= 4 is 23.2 Å². The number of fused-ring (bicyclic) bond motifs is 3. The molecule has 2 aromatic carbocycles. The van der Waals surface area contributed by atoms with Crippen molar-refractivity contribution in [1.82, 2.24) is 34.5 Å². The molecule has 3 atom stereocenters. The summed E-state index contributed by atoms with van der Waals surface area (Å²) in [5.41, 5.74) is 1.50. The van der Waals surface area contributed by atoms with Gasteiger partial charge in [0, 0.05) is 28.6 Å². The van der Waals surface area contributed by atoms with E-state index < -0.39 is 11.9 Å². The van der Waals surface area contributed by atoms with Gasteiger partial charge in [-0.15, -0.1) is 5.10 Å². The third-order valence-electron chi connectivity index (χ3n) is 8.20. The average Bonchev–Trinajstić information content (AvgIpc) is 3.35. The molecule has 0 bridgehead atoms. The van der Waals surface area contributed by atoms with Gasteiger partial charge >= 0.3 is 6.18 Å². The summed E-state index contributed by atoms with van der Waals surface area (Å²) in [6, 6.07) is 11.0. The average molecular weight is 621 g/mol. The maximum absolute atomic E-state index is 13.8. The monoisotopic (exact) mass is 620 g/mol. The molecular weight excluding hydrogens is 601 g/mol. The van der Waals surface area contributed by atoms with Crippen molar-refractivity contribution in [2.24, 2.45) is 11.8 Å². The predicted molar refractivity (Wildman–Crippen MR) is 150 cm³/mol. The molecule has 2 N–H and O–H groups in total. The van der Waals surface area contributed by atoms with Crippen LogP contribution in [0.3, 0.4) is 0 Å². The van der Waals surface area contributed by atoms with Crippen LogP contribution in [0.2, 0.25) is 5.02 Å². The number of nitrogens with one attached hydrogen (secondary N) is 2. The Bertz CT molecular complexity index is 2050. The summed E-state index contributed by atoms with van der Waals surface area (Å²) in [6.45, 7) is -0.0657. The van der Waals surface area contributed by atoms with Crippen LogP contribution in [0.4, 0.5) is 18.9 Å². The van der Waals surface area contributed by atoms with Gasteiger partial charge in [-0.1, -0.05) is 16.8 Å². The zero-order chi connectivity index (χ0) is 30.3. The van der Waals surface area contributed by atoms with E-state index in [2.05, 4.69) is 25.6 Å². The molecule has 44 heavy (non-hydrogen) atoms. The lowest BCUT2D eigenvalue weighted by atomic mass is 10.0. The first-order valence-electron chi connectivity index (χ1n) is 13.7. The molecule has 3 aliphatic rings. The topological polar surface area (TPSA) is 133 Å². The van der Waals surface area contributed by atoms with Crippen molar-refractivity contribution in [3.63, 3.8) is 0 Å². The van der Waals surface area contributed by atoms with Gasteiger partial charge in [0.2, 0.25) is 0 Å². The Morgan fingerprint density at radius 1 is 1.09 bits per heavy atom. The van der Waals surface area contributed by atoms with Gasteiger partial charge in [-0.2, -0.15) is 13.2 Å². The Labute approximate surface area is 250 Å². The first-order valence-corrected chi connectivity index (χ1v) is 14.0. The number of aromatic nitrogens is 7. The smallest absolute Gasteiger partial charge is 0.436 e. The number of H-pyrrole nitrogens is 1. The molecule has 1 saturated carbocycles. The number of benzene rings is 2. The minimum absolute atomic E-state index is 0.0657. The molecule has 5 aromatic rings. The number of anilines is 1. The van der Waals surface area contributed by atoms with Crippen LogP contribution in [0.25, 0.3) is 28.3 Å². The number of halogens is 4. The van der Waals surface area contributed by atoms with Crippen LogP contribution in [0.5, 0.6) is 5.75 Å². The number of nitrogens with zero attached hydrogens (tertiary/aromatic N) is 6. The summed E-state index contributed by atoms with van der Waals surface area (Å²) in [4.78, 5) is 38.2. The van der Waals surface area contributed by atoms with Gasteiger partial charge in [-0.3, -0.25) is 14.2 Å². The summed E-state index contributed by atoms with van der Waals surface area (Å²) in [5, 5.41) is 9.99. The Hall–Kier alpha value is -4.98. The molecule has 0 spiro atoms. The number of amides is 1. The van der Waals surface area contributed by atoms with Crippen LogP contribution in [0, 0.1) is 11.8 Å². The molecule has 3 aromatic heterocycles. The van der Waals surface area contributed by atoms with Crippen LogP contribution in [0.1, 0.15) is 29.7 Å². The second kappa shape index (κ2) is 9.51. The zero-order valence-corrected chi connectivity index (χ0v) is 23.2. The van der Waals surface area contributed by atoms with Gasteiger partial charge in [-0.05, 0) is 54.7 Å². The molecule has 11 nitrogen and oxygen atoms in total. The molecule has 8 rings (SSSR count). The quantitative estimate of drug-likeness (QED) is 0.298. The molecule has 15 heteroatoms. The van der Waals surface area contributed by atoms with Gasteiger partial charge in [-0.25, -0.2) is 14.6 Å².